The molecule has 1 aromatic heterocycles. The Bertz CT molecular complexity index is 1360. The van der Waals surface area contributed by atoms with Crippen molar-refractivity contribution in [2.45, 2.75) is 129 Å². The van der Waals surface area contributed by atoms with Gasteiger partial charge in [-0.25, -0.2) is 4.79 Å². The monoisotopic (exact) mass is 604 g/mol. The first kappa shape index (κ1) is 33.5. The van der Waals surface area contributed by atoms with Gasteiger partial charge in [-0.2, -0.15) is 0 Å². The normalized spacial score (nSPS) is 24.1. The third-order valence-corrected chi connectivity index (χ3v) is 21.2. The predicted octanol–water partition coefficient (Wildman–Crippen LogP) is 5.99. The van der Waals surface area contributed by atoms with Crippen LogP contribution in [-0.2, 0) is 21.5 Å². The summed E-state index contributed by atoms with van der Waals surface area (Å²) >= 11 is 0. The third-order valence-electron chi connectivity index (χ3n) is 10.3. The highest BCUT2D eigenvalue weighted by Crippen LogP contribution is 2.53. The summed E-state index contributed by atoms with van der Waals surface area (Å²) in [5.74, 6) is 0.0221. The fourth-order valence-corrected chi connectivity index (χ4v) is 9.30. The molecule has 1 aromatic carbocycles. The Hall–Kier alpha value is -1.99. The van der Waals surface area contributed by atoms with Crippen molar-refractivity contribution in [3.8, 4) is 5.75 Å². The lowest BCUT2D eigenvalue weighted by atomic mass is 10.0. The van der Waals surface area contributed by atoms with Gasteiger partial charge >= 0.3 is 5.69 Å². The van der Waals surface area contributed by atoms with Crippen LogP contribution in [0.15, 0.2) is 34.0 Å². The van der Waals surface area contributed by atoms with E-state index in [2.05, 4.69) is 72.7 Å². The van der Waals surface area contributed by atoms with Crippen LogP contribution in [0.25, 0.3) is 0 Å². The third kappa shape index (κ3) is 6.22. The SMILES string of the molecule is Cc1cccc(C)c1COc1cn([C@@]2(C)C[C@@](O)([Si](C)(C)C(C)(C)C)[C@@H](CO[Si](C)(C)C(C)(C)C)O2)c(=O)[nH]c1=O. The van der Waals surface area contributed by atoms with E-state index in [1.54, 1.807) is 6.92 Å². The molecule has 1 aliphatic heterocycles. The molecule has 0 saturated carbocycles. The van der Waals surface area contributed by atoms with Gasteiger partial charge in [-0.05, 0) is 60.6 Å². The summed E-state index contributed by atoms with van der Waals surface area (Å²) in [7, 11) is -4.65. The van der Waals surface area contributed by atoms with E-state index in [1.807, 2.05) is 32.0 Å². The van der Waals surface area contributed by atoms with Crippen molar-refractivity contribution in [2.75, 3.05) is 6.61 Å². The van der Waals surface area contributed by atoms with E-state index in [0.717, 1.165) is 16.7 Å². The Morgan fingerprint density at radius 3 is 2.12 bits per heavy atom. The highest BCUT2D eigenvalue weighted by atomic mass is 28.4. The molecule has 0 unspecified atom stereocenters. The standard InChI is InChI=1S/C31H52N2O6Si2/c1-21-15-14-16-22(2)23(21)18-37-24-17-33(27(35)32-26(24)34)30(9)20-31(36,40(10,11)28(3,4)5)25(39-30)19-38-41(12,13)29(6,7)8/h14-17,25,36H,18-20H2,1-13H3,(H,32,34,35)/t25-,30-,31-/m1/s1. The number of aryl methyl sites for hydroxylation is 2. The zero-order valence-electron chi connectivity index (χ0n) is 27.4. The predicted molar refractivity (Wildman–Crippen MR) is 170 cm³/mol. The van der Waals surface area contributed by atoms with Crippen molar-refractivity contribution in [3.63, 3.8) is 0 Å². The van der Waals surface area contributed by atoms with Gasteiger partial charge in [0.1, 0.15) is 18.4 Å². The maximum absolute atomic E-state index is 13.3. The molecule has 1 aliphatic rings. The second kappa shape index (κ2) is 10.9. The number of hydrogen-bond donors (Lipinski definition) is 2. The Balaban J connectivity index is 2.05. The van der Waals surface area contributed by atoms with Crippen LogP contribution >= 0.6 is 0 Å². The number of nitrogens with zero attached hydrogens (tertiary/aromatic N) is 1. The molecule has 41 heavy (non-hydrogen) atoms. The summed E-state index contributed by atoms with van der Waals surface area (Å²) in [5.41, 5.74) is 0.666. The number of nitrogens with one attached hydrogen (secondary N) is 1. The van der Waals surface area contributed by atoms with Crippen molar-refractivity contribution in [1.29, 1.82) is 0 Å². The summed E-state index contributed by atoms with van der Waals surface area (Å²) in [5, 5.41) is 11.2. The molecule has 2 heterocycles. The highest BCUT2D eigenvalue weighted by Gasteiger charge is 2.65. The fraction of sp³-hybridized carbons (Fsp3) is 0.677. The molecule has 2 aromatic rings. The molecule has 0 radical (unpaired) electrons. The van der Waals surface area contributed by atoms with Crippen LogP contribution < -0.4 is 16.0 Å². The lowest BCUT2D eigenvalue weighted by Gasteiger charge is -2.50. The average Bonchev–Trinajstić information content (AvgIpc) is 3.09. The molecule has 0 aliphatic carbocycles. The maximum Gasteiger partial charge on any atom is 0.330 e. The molecular weight excluding hydrogens is 553 g/mol. The molecular formula is C31H52N2O6Si2. The zero-order chi connectivity index (χ0) is 31.4. The Kier molecular flexibility index (Phi) is 8.94. The number of ether oxygens (including phenoxy) is 2. The summed E-state index contributed by atoms with van der Waals surface area (Å²) in [6, 6.07) is 5.98. The van der Waals surface area contributed by atoms with Gasteiger partial charge in [0.2, 0.25) is 5.75 Å². The Labute approximate surface area is 247 Å². The molecule has 230 valence electrons. The number of hydrogen-bond acceptors (Lipinski definition) is 6. The number of rotatable bonds is 8. The van der Waals surface area contributed by atoms with E-state index >= 15 is 0 Å². The molecule has 0 spiro atoms. The van der Waals surface area contributed by atoms with Gasteiger partial charge in [0.15, 0.2) is 8.32 Å². The van der Waals surface area contributed by atoms with Crippen LogP contribution in [0.5, 0.6) is 5.75 Å². The fourth-order valence-electron chi connectivity index (χ4n) is 5.28. The van der Waals surface area contributed by atoms with Crippen LogP contribution in [0, 0.1) is 13.8 Å². The Morgan fingerprint density at radius 2 is 1.61 bits per heavy atom. The minimum absolute atomic E-state index is 0.0123. The van der Waals surface area contributed by atoms with Crippen molar-refractivity contribution < 1.29 is 19.0 Å². The maximum atomic E-state index is 13.3. The van der Waals surface area contributed by atoms with Gasteiger partial charge in [0.25, 0.3) is 5.56 Å². The average molecular weight is 605 g/mol. The molecule has 10 heteroatoms. The largest absolute Gasteiger partial charge is 0.482 e. The quantitative estimate of drug-likeness (QED) is 0.359. The van der Waals surface area contributed by atoms with E-state index < -0.39 is 44.7 Å². The van der Waals surface area contributed by atoms with E-state index in [-0.39, 0.29) is 35.5 Å². The van der Waals surface area contributed by atoms with E-state index in [0.29, 0.717) is 0 Å². The Morgan fingerprint density at radius 1 is 1.05 bits per heavy atom. The molecule has 0 bridgehead atoms. The minimum atomic E-state index is -2.49. The minimum Gasteiger partial charge on any atom is -0.482 e. The molecule has 2 N–H and O–H groups in total. The zero-order valence-corrected chi connectivity index (χ0v) is 29.4. The van der Waals surface area contributed by atoms with Crippen LogP contribution in [-0.4, -0.2) is 49.0 Å². The van der Waals surface area contributed by atoms with Crippen LogP contribution in [0.3, 0.4) is 0 Å². The number of H-pyrrole nitrogens is 1. The van der Waals surface area contributed by atoms with Crippen LogP contribution in [0.4, 0.5) is 0 Å². The van der Waals surface area contributed by atoms with Gasteiger partial charge in [-0.3, -0.25) is 14.3 Å². The molecule has 0 amide bonds. The van der Waals surface area contributed by atoms with Crippen LogP contribution in [0.1, 0.15) is 71.6 Å². The lowest BCUT2D eigenvalue weighted by molar-refractivity contribution is -0.111. The first-order valence-electron chi connectivity index (χ1n) is 14.6. The number of benzene rings is 1. The van der Waals surface area contributed by atoms with Gasteiger partial charge in [-0.1, -0.05) is 72.8 Å². The number of aliphatic hydroxyl groups is 1. The molecule has 1 fully saturated rings. The number of aromatic amines is 1. The topological polar surface area (TPSA) is 103 Å². The van der Waals surface area contributed by atoms with E-state index in [4.69, 9.17) is 13.9 Å². The first-order valence-corrected chi connectivity index (χ1v) is 20.5. The van der Waals surface area contributed by atoms with Crippen molar-refractivity contribution in [2.24, 2.45) is 0 Å². The molecule has 8 nitrogen and oxygen atoms in total. The summed E-state index contributed by atoms with van der Waals surface area (Å²) < 4.78 is 20.6. The van der Waals surface area contributed by atoms with Gasteiger partial charge in [0, 0.05) is 6.42 Å². The smallest absolute Gasteiger partial charge is 0.330 e. The first-order chi connectivity index (χ1) is 18.5. The van der Waals surface area contributed by atoms with Gasteiger partial charge in [-0.15, -0.1) is 0 Å². The van der Waals surface area contributed by atoms with Gasteiger partial charge < -0.3 is 19.0 Å². The summed E-state index contributed by atoms with van der Waals surface area (Å²) in [4.78, 5) is 28.5. The molecule has 1 saturated heterocycles. The van der Waals surface area contributed by atoms with Crippen molar-refractivity contribution >= 4 is 16.4 Å². The molecule has 3 rings (SSSR count). The number of aromatic nitrogens is 2. The molecule has 3 atom stereocenters. The second-order valence-corrected chi connectivity index (χ2v) is 25.5. The van der Waals surface area contributed by atoms with Crippen LogP contribution in [0.2, 0.25) is 36.3 Å². The van der Waals surface area contributed by atoms with E-state index in [9.17, 15) is 14.7 Å². The highest BCUT2D eigenvalue weighted by molar-refractivity contribution is 6.83. The van der Waals surface area contributed by atoms with Crippen molar-refractivity contribution in [3.05, 3.63) is 61.9 Å². The van der Waals surface area contributed by atoms with E-state index in [1.165, 1.54) is 10.8 Å². The van der Waals surface area contributed by atoms with Gasteiger partial charge in [0.05, 0.1) is 26.1 Å². The summed E-state index contributed by atoms with van der Waals surface area (Å²) in [6.45, 7) is 27.9. The van der Waals surface area contributed by atoms with Crippen molar-refractivity contribution in [1.82, 2.24) is 9.55 Å². The second-order valence-electron chi connectivity index (χ2n) is 15.1. The summed E-state index contributed by atoms with van der Waals surface area (Å²) in [6.07, 6.45) is 0.961. The lowest BCUT2D eigenvalue weighted by Crippen LogP contribution is -2.65.